The maximum Gasteiger partial charge on any atom is 0.402 e. The molecule has 0 radical (unpaired) electrons. The predicted molar refractivity (Wildman–Crippen MR) is 57.0 cm³/mol. The van der Waals surface area contributed by atoms with Gasteiger partial charge in [0, 0.05) is 13.1 Å². The smallest absolute Gasteiger partial charge is 0.402 e. The summed E-state index contributed by atoms with van der Waals surface area (Å²) in [5.41, 5.74) is 0. The van der Waals surface area contributed by atoms with Gasteiger partial charge in [-0.2, -0.15) is 30.6 Å². The van der Waals surface area contributed by atoms with Crippen LogP contribution in [0.1, 0.15) is 13.8 Å². The van der Waals surface area contributed by atoms with Crippen molar-refractivity contribution < 1.29 is 31.5 Å². The van der Waals surface area contributed by atoms with E-state index in [1.54, 1.807) is 0 Å². The standard InChI is InChI=1S/C8H15F3N2O4S/c1-3-13(4-6(2)7(14)15)18(16,17)12-5-8(9,10)11/h6,12H,3-5H2,1-2H3,(H,14,15). The maximum absolute atomic E-state index is 11.9. The Morgan fingerprint density at radius 1 is 1.44 bits per heavy atom. The third-order valence-corrected chi connectivity index (χ3v) is 3.64. The maximum atomic E-state index is 11.9. The van der Waals surface area contributed by atoms with Gasteiger partial charge in [-0.25, -0.2) is 0 Å². The third-order valence-electron chi connectivity index (χ3n) is 2.05. The molecular weight excluding hydrogens is 277 g/mol. The van der Waals surface area contributed by atoms with Crippen molar-refractivity contribution in [3.05, 3.63) is 0 Å². The van der Waals surface area contributed by atoms with Crippen molar-refractivity contribution in [3.63, 3.8) is 0 Å². The first kappa shape index (κ1) is 17.1. The normalized spacial score (nSPS) is 14.8. The van der Waals surface area contributed by atoms with Crippen molar-refractivity contribution in [2.75, 3.05) is 19.6 Å². The summed E-state index contributed by atoms with van der Waals surface area (Å²) < 4.78 is 60.7. The molecule has 0 aromatic heterocycles. The zero-order valence-corrected chi connectivity index (χ0v) is 10.7. The average Bonchev–Trinajstić information content (AvgIpc) is 2.21. The van der Waals surface area contributed by atoms with E-state index in [0.29, 0.717) is 4.31 Å². The zero-order chi connectivity index (χ0) is 14.6. The fourth-order valence-electron chi connectivity index (χ4n) is 1.05. The monoisotopic (exact) mass is 292 g/mol. The minimum absolute atomic E-state index is 0.120. The van der Waals surface area contributed by atoms with E-state index in [1.807, 2.05) is 0 Å². The van der Waals surface area contributed by atoms with Crippen LogP contribution >= 0.6 is 0 Å². The number of aliphatic carboxylic acids is 1. The lowest BCUT2D eigenvalue weighted by Gasteiger charge is -2.22. The second-order valence-electron chi connectivity index (χ2n) is 3.63. The first-order chi connectivity index (χ1) is 7.99. The van der Waals surface area contributed by atoms with E-state index in [0.717, 1.165) is 0 Å². The Balaban J connectivity index is 4.68. The first-order valence-electron chi connectivity index (χ1n) is 5.04. The Morgan fingerprint density at radius 2 is 1.94 bits per heavy atom. The molecule has 0 aromatic carbocycles. The molecule has 0 aromatic rings. The van der Waals surface area contributed by atoms with Gasteiger partial charge in [-0.15, -0.1) is 0 Å². The fraction of sp³-hybridized carbons (Fsp3) is 0.875. The molecule has 108 valence electrons. The highest BCUT2D eigenvalue weighted by Gasteiger charge is 2.32. The molecule has 0 rings (SSSR count). The predicted octanol–water partition coefficient (Wildman–Crippen LogP) is 0.426. The van der Waals surface area contributed by atoms with E-state index >= 15 is 0 Å². The van der Waals surface area contributed by atoms with Crippen molar-refractivity contribution in [2.24, 2.45) is 5.92 Å². The van der Waals surface area contributed by atoms with Crippen molar-refractivity contribution >= 4 is 16.2 Å². The molecule has 0 fully saturated rings. The van der Waals surface area contributed by atoms with E-state index in [9.17, 15) is 26.4 Å². The number of rotatable bonds is 7. The summed E-state index contributed by atoms with van der Waals surface area (Å²) >= 11 is 0. The van der Waals surface area contributed by atoms with Gasteiger partial charge >= 0.3 is 12.1 Å². The van der Waals surface area contributed by atoms with E-state index in [4.69, 9.17) is 5.11 Å². The van der Waals surface area contributed by atoms with Gasteiger partial charge in [-0.3, -0.25) is 4.79 Å². The topological polar surface area (TPSA) is 86.7 Å². The molecule has 0 spiro atoms. The number of alkyl halides is 3. The van der Waals surface area contributed by atoms with E-state index in [1.165, 1.54) is 18.6 Å². The van der Waals surface area contributed by atoms with Gasteiger partial charge in [0.2, 0.25) is 0 Å². The highest BCUT2D eigenvalue weighted by Crippen LogP contribution is 2.14. The summed E-state index contributed by atoms with van der Waals surface area (Å²) in [7, 11) is -4.33. The molecule has 0 saturated carbocycles. The number of hydrogen-bond donors (Lipinski definition) is 2. The van der Waals surface area contributed by atoms with Crippen LogP contribution in [0.2, 0.25) is 0 Å². The van der Waals surface area contributed by atoms with Crippen LogP contribution in [0.4, 0.5) is 13.2 Å². The second-order valence-corrected chi connectivity index (χ2v) is 5.39. The molecule has 1 atom stereocenters. The Morgan fingerprint density at radius 3 is 2.28 bits per heavy atom. The van der Waals surface area contributed by atoms with Crippen LogP contribution in [-0.2, 0) is 15.0 Å². The lowest BCUT2D eigenvalue weighted by molar-refractivity contribution is -0.141. The van der Waals surface area contributed by atoms with Crippen molar-refractivity contribution in [1.29, 1.82) is 0 Å². The van der Waals surface area contributed by atoms with Crippen LogP contribution in [0.3, 0.4) is 0 Å². The van der Waals surface area contributed by atoms with Crippen LogP contribution in [0.25, 0.3) is 0 Å². The molecule has 18 heavy (non-hydrogen) atoms. The van der Waals surface area contributed by atoms with Crippen molar-refractivity contribution in [3.8, 4) is 0 Å². The molecule has 0 aliphatic rings. The highest BCUT2D eigenvalue weighted by molar-refractivity contribution is 7.87. The zero-order valence-electron chi connectivity index (χ0n) is 9.86. The summed E-state index contributed by atoms with van der Waals surface area (Å²) in [6.45, 7) is 0.475. The summed E-state index contributed by atoms with van der Waals surface area (Å²) in [4.78, 5) is 10.6. The Kier molecular flexibility index (Phi) is 6.04. The van der Waals surface area contributed by atoms with Crippen LogP contribution in [-0.4, -0.2) is 49.6 Å². The van der Waals surface area contributed by atoms with Crippen LogP contribution in [0.15, 0.2) is 0 Å². The lowest BCUT2D eigenvalue weighted by Crippen LogP contribution is -2.46. The number of nitrogens with one attached hydrogen (secondary N) is 1. The minimum Gasteiger partial charge on any atom is -0.481 e. The third kappa shape index (κ3) is 6.17. The van der Waals surface area contributed by atoms with Crippen LogP contribution in [0.5, 0.6) is 0 Å². The molecule has 1 unspecified atom stereocenters. The number of carboxylic acids is 1. The molecule has 0 aliphatic carbocycles. The largest absolute Gasteiger partial charge is 0.481 e. The Labute approximate surface area is 103 Å². The summed E-state index contributed by atoms with van der Waals surface area (Å²) in [6.07, 6.45) is -4.66. The number of hydrogen-bond acceptors (Lipinski definition) is 3. The molecule has 0 heterocycles. The number of nitrogens with zero attached hydrogens (tertiary/aromatic N) is 1. The van der Waals surface area contributed by atoms with Gasteiger partial charge in [-0.05, 0) is 0 Å². The first-order valence-corrected chi connectivity index (χ1v) is 6.48. The van der Waals surface area contributed by atoms with Gasteiger partial charge in [0.15, 0.2) is 0 Å². The molecular formula is C8H15F3N2O4S. The van der Waals surface area contributed by atoms with Gasteiger partial charge in [0.1, 0.15) is 6.54 Å². The van der Waals surface area contributed by atoms with Gasteiger partial charge in [0.25, 0.3) is 10.2 Å². The number of carboxylic acid groups (broad SMARTS) is 1. The summed E-state index contributed by atoms with van der Waals surface area (Å²) in [5.74, 6) is -2.23. The Hall–Kier alpha value is -0.870. The van der Waals surface area contributed by atoms with Crippen LogP contribution < -0.4 is 4.72 Å². The molecule has 10 heteroatoms. The lowest BCUT2D eigenvalue weighted by atomic mass is 10.2. The van der Waals surface area contributed by atoms with Crippen molar-refractivity contribution in [1.82, 2.24) is 9.03 Å². The molecule has 0 amide bonds. The SMILES string of the molecule is CCN(CC(C)C(=O)O)S(=O)(=O)NCC(F)(F)F. The number of carbonyl (C=O) groups is 1. The van der Waals surface area contributed by atoms with Gasteiger partial charge in [0.05, 0.1) is 5.92 Å². The fourth-order valence-corrected chi connectivity index (χ4v) is 2.33. The minimum atomic E-state index is -4.66. The van der Waals surface area contributed by atoms with Gasteiger partial charge < -0.3 is 5.11 Å². The molecule has 0 saturated heterocycles. The van der Waals surface area contributed by atoms with Gasteiger partial charge in [-0.1, -0.05) is 13.8 Å². The summed E-state index contributed by atoms with van der Waals surface area (Å²) in [6, 6.07) is 0. The van der Waals surface area contributed by atoms with E-state index in [2.05, 4.69) is 0 Å². The molecule has 6 nitrogen and oxygen atoms in total. The van der Waals surface area contributed by atoms with Crippen molar-refractivity contribution in [2.45, 2.75) is 20.0 Å². The highest BCUT2D eigenvalue weighted by atomic mass is 32.2. The summed E-state index contributed by atoms with van der Waals surface area (Å²) in [5, 5.41) is 8.63. The van der Waals surface area contributed by atoms with Crippen LogP contribution in [0, 0.1) is 5.92 Å². The average molecular weight is 292 g/mol. The molecule has 2 N–H and O–H groups in total. The molecule has 0 aliphatic heterocycles. The Bertz CT molecular complexity index is 382. The molecule has 0 bridgehead atoms. The number of halogens is 3. The quantitative estimate of drug-likeness (QED) is 0.712. The second kappa shape index (κ2) is 6.34. The van der Waals surface area contributed by atoms with E-state index in [-0.39, 0.29) is 13.1 Å². The van der Waals surface area contributed by atoms with E-state index < -0.39 is 34.8 Å².